The van der Waals surface area contributed by atoms with E-state index < -0.39 is 11.5 Å². The Balaban J connectivity index is 2.04. The van der Waals surface area contributed by atoms with Crippen molar-refractivity contribution in [1.29, 1.82) is 5.26 Å². The van der Waals surface area contributed by atoms with Gasteiger partial charge in [-0.25, -0.2) is 4.79 Å². The predicted octanol–water partition coefficient (Wildman–Crippen LogP) is 3.78. The van der Waals surface area contributed by atoms with Crippen LogP contribution in [0.25, 0.3) is 11.0 Å². The van der Waals surface area contributed by atoms with E-state index in [0.29, 0.717) is 22.5 Å². The fourth-order valence-corrected chi connectivity index (χ4v) is 3.48. The second-order valence-electron chi connectivity index (χ2n) is 5.97. The molecule has 1 atom stereocenters. The Hall–Kier alpha value is -3.24. The fourth-order valence-electron chi connectivity index (χ4n) is 3.21. The van der Waals surface area contributed by atoms with Crippen LogP contribution in [0.1, 0.15) is 17.0 Å². The Morgan fingerprint density at radius 1 is 1.22 bits per heavy atom. The van der Waals surface area contributed by atoms with Gasteiger partial charge in [0.25, 0.3) is 0 Å². The molecule has 1 aliphatic rings. The van der Waals surface area contributed by atoms with Crippen molar-refractivity contribution < 1.29 is 13.9 Å². The quantitative estimate of drug-likeness (QED) is 0.628. The van der Waals surface area contributed by atoms with Crippen LogP contribution in [0.4, 0.5) is 0 Å². The van der Waals surface area contributed by atoms with Gasteiger partial charge in [-0.1, -0.05) is 28.1 Å². The smallest absolute Gasteiger partial charge is 0.344 e. The third-order valence-electron chi connectivity index (χ3n) is 4.48. The summed E-state index contributed by atoms with van der Waals surface area (Å²) in [6.07, 6.45) is 0. The molecule has 0 fully saturated rings. The summed E-state index contributed by atoms with van der Waals surface area (Å²) in [5.41, 5.74) is 6.92. The number of rotatable bonds is 2. The maximum Gasteiger partial charge on any atom is 0.344 e. The molecule has 0 saturated carbocycles. The highest BCUT2D eigenvalue weighted by molar-refractivity contribution is 9.10. The molecule has 0 radical (unpaired) electrons. The molecule has 3 aromatic rings. The minimum atomic E-state index is -0.672. The van der Waals surface area contributed by atoms with Gasteiger partial charge in [0.15, 0.2) is 5.75 Å². The first-order valence-corrected chi connectivity index (χ1v) is 8.80. The van der Waals surface area contributed by atoms with E-state index in [9.17, 15) is 10.1 Å². The van der Waals surface area contributed by atoms with Crippen molar-refractivity contribution in [2.45, 2.75) is 5.92 Å². The highest BCUT2D eigenvalue weighted by Crippen LogP contribution is 2.44. The first-order chi connectivity index (χ1) is 13.0. The summed E-state index contributed by atoms with van der Waals surface area (Å²) in [4.78, 5) is 12.8. The molecule has 0 aliphatic carbocycles. The molecule has 7 heteroatoms. The molecule has 1 aliphatic heterocycles. The zero-order chi connectivity index (χ0) is 19.1. The van der Waals surface area contributed by atoms with E-state index >= 15 is 0 Å². The second kappa shape index (κ2) is 6.49. The van der Waals surface area contributed by atoms with Crippen LogP contribution >= 0.6 is 15.9 Å². The standard InChI is InChI=1S/C20H13BrN2O4/c1-25-12-6-7-13-15(8-12)26-20(24)17-16(10-2-4-11(21)5-3-10)14(9-22)19(23)27-18(13)17/h2-8,16H,23H2,1H3. The van der Waals surface area contributed by atoms with Crippen molar-refractivity contribution in [3.05, 3.63) is 79.9 Å². The molecule has 2 aromatic carbocycles. The molecule has 6 nitrogen and oxygen atoms in total. The molecule has 2 N–H and O–H groups in total. The summed E-state index contributed by atoms with van der Waals surface area (Å²) in [6, 6.07) is 14.5. The maximum absolute atomic E-state index is 12.8. The summed E-state index contributed by atoms with van der Waals surface area (Å²) in [5.74, 6) is 0.149. The lowest BCUT2D eigenvalue weighted by Gasteiger charge is -2.26. The fraction of sp³-hybridized carbons (Fsp3) is 0.100. The zero-order valence-corrected chi connectivity index (χ0v) is 15.7. The van der Waals surface area contributed by atoms with Gasteiger partial charge < -0.3 is 19.6 Å². The molecule has 134 valence electrons. The van der Waals surface area contributed by atoms with E-state index in [0.717, 1.165) is 10.0 Å². The first kappa shape index (κ1) is 17.2. The molecular weight excluding hydrogens is 412 g/mol. The molecule has 0 spiro atoms. The van der Waals surface area contributed by atoms with E-state index in [1.165, 1.54) is 7.11 Å². The number of nitrogens with zero attached hydrogens (tertiary/aromatic N) is 1. The van der Waals surface area contributed by atoms with E-state index in [1.807, 2.05) is 24.3 Å². The van der Waals surface area contributed by atoms with Crippen LogP contribution in [-0.4, -0.2) is 7.11 Å². The first-order valence-electron chi connectivity index (χ1n) is 8.01. The Morgan fingerprint density at radius 3 is 2.63 bits per heavy atom. The summed E-state index contributed by atoms with van der Waals surface area (Å²) in [7, 11) is 1.53. The van der Waals surface area contributed by atoms with E-state index in [2.05, 4.69) is 22.0 Å². The summed E-state index contributed by atoms with van der Waals surface area (Å²) in [5, 5.41) is 10.2. The van der Waals surface area contributed by atoms with Gasteiger partial charge in [0.2, 0.25) is 5.88 Å². The molecule has 0 bridgehead atoms. The average Bonchev–Trinajstić information content (AvgIpc) is 2.67. The lowest BCUT2D eigenvalue weighted by molar-refractivity contribution is 0.387. The van der Waals surface area contributed by atoms with Crippen LogP contribution in [0.3, 0.4) is 0 Å². The van der Waals surface area contributed by atoms with Crippen molar-refractivity contribution in [3.8, 4) is 17.6 Å². The maximum atomic E-state index is 12.8. The van der Waals surface area contributed by atoms with Gasteiger partial charge in [0.1, 0.15) is 23.0 Å². The van der Waals surface area contributed by atoms with Crippen LogP contribution in [0.5, 0.6) is 11.5 Å². The molecule has 4 rings (SSSR count). The molecular formula is C20H13BrN2O4. The molecule has 27 heavy (non-hydrogen) atoms. The number of allylic oxidation sites excluding steroid dienone is 1. The van der Waals surface area contributed by atoms with Crippen LogP contribution in [0.15, 0.2) is 67.6 Å². The molecule has 0 amide bonds. The number of benzene rings is 2. The minimum absolute atomic E-state index is 0.0272. The van der Waals surface area contributed by atoms with Gasteiger partial charge >= 0.3 is 5.63 Å². The number of hydrogen-bond acceptors (Lipinski definition) is 6. The number of hydrogen-bond donors (Lipinski definition) is 1. The normalized spacial score (nSPS) is 15.8. The number of ether oxygens (including phenoxy) is 2. The van der Waals surface area contributed by atoms with Gasteiger partial charge in [-0.05, 0) is 29.8 Å². The van der Waals surface area contributed by atoms with Crippen molar-refractivity contribution in [1.82, 2.24) is 0 Å². The lowest BCUT2D eigenvalue weighted by atomic mass is 9.84. The number of nitriles is 1. The monoisotopic (exact) mass is 424 g/mol. The van der Waals surface area contributed by atoms with Gasteiger partial charge in [0, 0.05) is 10.5 Å². The SMILES string of the molecule is COc1ccc2c3c(c(=O)oc2c1)C(c1ccc(Br)cc1)C(C#N)=C(N)O3. The average molecular weight is 425 g/mol. The van der Waals surface area contributed by atoms with Crippen LogP contribution in [0, 0.1) is 11.3 Å². The van der Waals surface area contributed by atoms with Gasteiger partial charge in [-0.2, -0.15) is 5.26 Å². The van der Waals surface area contributed by atoms with E-state index in [4.69, 9.17) is 19.6 Å². The Bertz CT molecular complexity index is 1190. The van der Waals surface area contributed by atoms with E-state index in [-0.39, 0.29) is 17.0 Å². The van der Waals surface area contributed by atoms with Gasteiger partial charge in [-0.15, -0.1) is 0 Å². The van der Waals surface area contributed by atoms with Crippen molar-refractivity contribution in [2.24, 2.45) is 5.73 Å². The second-order valence-corrected chi connectivity index (χ2v) is 6.89. The van der Waals surface area contributed by atoms with Gasteiger partial charge in [0.05, 0.1) is 24.0 Å². The lowest BCUT2D eigenvalue weighted by Crippen LogP contribution is -2.26. The minimum Gasteiger partial charge on any atom is -0.497 e. The van der Waals surface area contributed by atoms with Crippen LogP contribution in [0.2, 0.25) is 0 Å². The number of fused-ring (bicyclic) bond motifs is 3. The zero-order valence-electron chi connectivity index (χ0n) is 14.2. The predicted molar refractivity (Wildman–Crippen MR) is 102 cm³/mol. The summed E-state index contributed by atoms with van der Waals surface area (Å²) < 4.78 is 17.3. The van der Waals surface area contributed by atoms with Crippen molar-refractivity contribution in [2.75, 3.05) is 7.11 Å². The Morgan fingerprint density at radius 2 is 1.96 bits per heavy atom. The topological polar surface area (TPSA) is 98.5 Å². The number of nitrogens with two attached hydrogens (primary N) is 1. The Kier molecular flexibility index (Phi) is 4.13. The number of methoxy groups -OCH3 is 1. The highest BCUT2D eigenvalue weighted by Gasteiger charge is 2.35. The number of halogens is 1. The van der Waals surface area contributed by atoms with Crippen LogP contribution < -0.4 is 20.8 Å². The van der Waals surface area contributed by atoms with Crippen molar-refractivity contribution in [3.63, 3.8) is 0 Å². The molecule has 1 aromatic heterocycles. The highest BCUT2D eigenvalue weighted by atomic mass is 79.9. The molecule has 0 saturated heterocycles. The third-order valence-corrected chi connectivity index (χ3v) is 5.01. The Labute approximate surface area is 162 Å². The molecule has 1 unspecified atom stereocenters. The summed E-state index contributed by atoms with van der Waals surface area (Å²) >= 11 is 3.39. The van der Waals surface area contributed by atoms with E-state index in [1.54, 1.807) is 18.2 Å². The van der Waals surface area contributed by atoms with Crippen LogP contribution in [-0.2, 0) is 0 Å². The molecule has 2 heterocycles. The largest absolute Gasteiger partial charge is 0.497 e. The summed E-state index contributed by atoms with van der Waals surface area (Å²) in [6.45, 7) is 0. The van der Waals surface area contributed by atoms with Gasteiger partial charge in [-0.3, -0.25) is 0 Å². The van der Waals surface area contributed by atoms with Crippen molar-refractivity contribution >= 4 is 26.9 Å². The third kappa shape index (κ3) is 2.75.